The standard InChI is InChI=1S/C10H21NO3/c1-4-6-11-9(10(12)13-3)8-14-7-5-2/h9,11H,4-8H2,1-3H3. The minimum atomic E-state index is -0.327. The Morgan fingerprint density at radius 2 is 2.07 bits per heavy atom. The van der Waals surface area contributed by atoms with Crippen LogP contribution in [0.2, 0.25) is 0 Å². The molecular weight excluding hydrogens is 182 g/mol. The molecular formula is C10H21NO3. The number of hydrogen-bond acceptors (Lipinski definition) is 4. The number of carbonyl (C=O) groups excluding carboxylic acids is 1. The zero-order chi connectivity index (χ0) is 10.8. The van der Waals surface area contributed by atoms with E-state index in [1.165, 1.54) is 7.11 Å². The molecule has 1 unspecified atom stereocenters. The number of nitrogens with one attached hydrogen (secondary N) is 1. The number of ether oxygens (including phenoxy) is 2. The Morgan fingerprint density at radius 1 is 1.36 bits per heavy atom. The van der Waals surface area contributed by atoms with Crippen LogP contribution in [0.5, 0.6) is 0 Å². The van der Waals surface area contributed by atoms with Gasteiger partial charge in [-0.2, -0.15) is 0 Å². The molecule has 0 aliphatic rings. The molecule has 0 fully saturated rings. The van der Waals surface area contributed by atoms with Crippen LogP contribution in [0.1, 0.15) is 26.7 Å². The van der Waals surface area contributed by atoms with Crippen LogP contribution in [-0.4, -0.2) is 38.9 Å². The van der Waals surface area contributed by atoms with Crippen LogP contribution in [-0.2, 0) is 14.3 Å². The maximum atomic E-state index is 11.2. The van der Waals surface area contributed by atoms with Crippen molar-refractivity contribution >= 4 is 5.97 Å². The Bertz CT molecular complexity index is 150. The smallest absolute Gasteiger partial charge is 0.325 e. The number of methoxy groups -OCH3 is 1. The van der Waals surface area contributed by atoms with Gasteiger partial charge in [0.1, 0.15) is 6.04 Å². The Balaban J connectivity index is 3.78. The molecule has 1 atom stereocenters. The molecule has 1 N–H and O–H groups in total. The van der Waals surface area contributed by atoms with E-state index in [0.29, 0.717) is 13.2 Å². The third-order valence-corrected chi connectivity index (χ3v) is 1.76. The number of esters is 1. The molecule has 0 aromatic rings. The van der Waals surface area contributed by atoms with E-state index in [1.807, 2.05) is 13.8 Å². The maximum absolute atomic E-state index is 11.2. The first-order valence-electron chi connectivity index (χ1n) is 5.15. The van der Waals surface area contributed by atoms with Crippen molar-refractivity contribution in [2.24, 2.45) is 0 Å². The Kier molecular flexibility index (Phi) is 8.57. The predicted octanol–water partition coefficient (Wildman–Crippen LogP) is 0.954. The molecule has 0 spiro atoms. The monoisotopic (exact) mass is 203 g/mol. The largest absolute Gasteiger partial charge is 0.468 e. The van der Waals surface area contributed by atoms with E-state index < -0.39 is 0 Å². The first kappa shape index (κ1) is 13.4. The quantitative estimate of drug-likeness (QED) is 0.471. The van der Waals surface area contributed by atoms with Crippen molar-refractivity contribution < 1.29 is 14.3 Å². The molecule has 0 aliphatic heterocycles. The molecule has 0 rings (SSSR count). The fourth-order valence-electron chi connectivity index (χ4n) is 1.02. The summed E-state index contributed by atoms with van der Waals surface area (Å²) in [4.78, 5) is 11.2. The van der Waals surface area contributed by atoms with Gasteiger partial charge in [0.05, 0.1) is 13.7 Å². The summed E-state index contributed by atoms with van der Waals surface area (Å²) >= 11 is 0. The topological polar surface area (TPSA) is 47.6 Å². The van der Waals surface area contributed by atoms with Gasteiger partial charge >= 0.3 is 5.97 Å². The normalized spacial score (nSPS) is 12.5. The van der Waals surface area contributed by atoms with Crippen LogP contribution in [0.25, 0.3) is 0 Å². The van der Waals surface area contributed by atoms with Crippen LogP contribution >= 0.6 is 0 Å². The van der Waals surface area contributed by atoms with Crippen molar-refractivity contribution in [1.29, 1.82) is 0 Å². The third kappa shape index (κ3) is 5.94. The lowest BCUT2D eigenvalue weighted by molar-refractivity contribution is -0.144. The van der Waals surface area contributed by atoms with E-state index in [9.17, 15) is 4.79 Å². The van der Waals surface area contributed by atoms with Crippen LogP contribution in [0, 0.1) is 0 Å². The van der Waals surface area contributed by atoms with Gasteiger partial charge in [-0.1, -0.05) is 13.8 Å². The highest BCUT2D eigenvalue weighted by atomic mass is 16.5. The van der Waals surface area contributed by atoms with Gasteiger partial charge in [0, 0.05) is 6.61 Å². The highest BCUT2D eigenvalue weighted by Crippen LogP contribution is 1.92. The molecule has 84 valence electrons. The van der Waals surface area contributed by atoms with E-state index in [1.54, 1.807) is 0 Å². The predicted molar refractivity (Wildman–Crippen MR) is 55.2 cm³/mol. The molecule has 4 nitrogen and oxygen atoms in total. The van der Waals surface area contributed by atoms with Crippen LogP contribution in [0.3, 0.4) is 0 Å². The fourth-order valence-corrected chi connectivity index (χ4v) is 1.02. The Hall–Kier alpha value is -0.610. The minimum absolute atomic E-state index is 0.255. The van der Waals surface area contributed by atoms with Crippen LogP contribution in [0.4, 0.5) is 0 Å². The average Bonchev–Trinajstić information content (AvgIpc) is 2.22. The van der Waals surface area contributed by atoms with E-state index >= 15 is 0 Å². The zero-order valence-corrected chi connectivity index (χ0v) is 9.34. The van der Waals surface area contributed by atoms with Crippen molar-refractivity contribution in [3.05, 3.63) is 0 Å². The average molecular weight is 203 g/mol. The second-order valence-corrected chi connectivity index (χ2v) is 3.10. The number of rotatable bonds is 8. The molecule has 0 aliphatic carbocycles. The Morgan fingerprint density at radius 3 is 2.57 bits per heavy atom. The molecule has 0 saturated heterocycles. The van der Waals surface area contributed by atoms with Gasteiger partial charge in [0.25, 0.3) is 0 Å². The molecule has 0 saturated carbocycles. The van der Waals surface area contributed by atoms with Crippen molar-refractivity contribution in [2.45, 2.75) is 32.7 Å². The van der Waals surface area contributed by atoms with E-state index in [2.05, 4.69) is 10.1 Å². The lowest BCUT2D eigenvalue weighted by atomic mass is 10.3. The molecule has 14 heavy (non-hydrogen) atoms. The van der Waals surface area contributed by atoms with Gasteiger partial charge in [0.15, 0.2) is 0 Å². The molecule has 0 aromatic heterocycles. The van der Waals surface area contributed by atoms with Gasteiger partial charge in [0.2, 0.25) is 0 Å². The van der Waals surface area contributed by atoms with E-state index in [-0.39, 0.29) is 12.0 Å². The molecule has 4 heteroatoms. The van der Waals surface area contributed by atoms with E-state index in [4.69, 9.17) is 4.74 Å². The van der Waals surface area contributed by atoms with Crippen LogP contribution in [0.15, 0.2) is 0 Å². The molecule has 0 heterocycles. The molecule has 0 radical (unpaired) electrons. The summed E-state index contributed by atoms with van der Waals surface area (Å²) in [6.07, 6.45) is 1.95. The SMILES string of the molecule is CCCNC(COCCC)C(=O)OC. The summed E-state index contributed by atoms with van der Waals surface area (Å²) in [5.41, 5.74) is 0. The maximum Gasteiger partial charge on any atom is 0.325 e. The summed E-state index contributed by atoms with van der Waals surface area (Å²) in [5, 5.41) is 3.08. The van der Waals surface area contributed by atoms with Crippen molar-refractivity contribution in [1.82, 2.24) is 5.32 Å². The summed E-state index contributed by atoms with van der Waals surface area (Å²) in [7, 11) is 1.39. The summed E-state index contributed by atoms with van der Waals surface area (Å²) in [5.74, 6) is -0.255. The fraction of sp³-hybridized carbons (Fsp3) is 0.900. The number of hydrogen-bond donors (Lipinski definition) is 1. The molecule has 0 bridgehead atoms. The number of carbonyl (C=O) groups is 1. The lowest BCUT2D eigenvalue weighted by Gasteiger charge is -2.15. The van der Waals surface area contributed by atoms with Gasteiger partial charge < -0.3 is 14.8 Å². The summed E-state index contributed by atoms with van der Waals surface area (Å²) < 4.78 is 9.96. The summed E-state index contributed by atoms with van der Waals surface area (Å²) in [6, 6.07) is -0.327. The van der Waals surface area contributed by atoms with Crippen molar-refractivity contribution in [3.8, 4) is 0 Å². The first-order chi connectivity index (χ1) is 6.76. The Labute approximate surface area is 86.0 Å². The van der Waals surface area contributed by atoms with Crippen molar-refractivity contribution in [3.63, 3.8) is 0 Å². The van der Waals surface area contributed by atoms with Gasteiger partial charge in [-0.05, 0) is 19.4 Å². The molecule has 0 amide bonds. The van der Waals surface area contributed by atoms with Crippen molar-refractivity contribution in [2.75, 3.05) is 26.9 Å². The first-order valence-corrected chi connectivity index (χ1v) is 5.15. The highest BCUT2D eigenvalue weighted by molar-refractivity contribution is 5.75. The summed E-state index contributed by atoms with van der Waals surface area (Å²) in [6.45, 7) is 5.96. The van der Waals surface area contributed by atoms with Crippen LogP contribution < -0.4 is 5.32 Å². The second-order valence-electron chi connectivity index (χ2n) is 3.10. The molecule has 0 aromatic carbocycles. The van der Waals surface area contributed by atoms with Gasteiger partial charge in [-0.25, -0.2) is 0 Å². The minimum Gasteiger partial charge on any atom is -0.468 e. The second kappa shape index (κ2) is 8.97. The zero-order valence-electron chi connectivity index (χ0n) is 9.34. The van der Waals surface area contributed by atoms with Gasteiger partial charge in [-0.3, -0.25) is 4.79 Å². The third-order valence-electron chi connectivity index (χ3n) is 1.76. The highest BCUT2D eigenvalue weighted by Gasteiger charge is 2.17. The lowest BCUT2D eigenvalue weighted by Crippen LogP contribution is -2.41. The van der Waals surface area contributed by atoms with E-state index in [0.717, 1.165) is 19.4 Å². The van der Waals surface area contributed by atoms with Gasteiger partial charge in [-0.15, -0.1) is 0 Å².